The second-order valence-corrected chi connectivity index (χ2v) is 9.53. The van der Waals surface area contributed by atoms with Crippen LogP contribution >= 0.6 is 11.6 Å². The molecule has 1 aromatic carbocycles. The maximum atomic E-state index is 14.7. The van der Waals surface area contributed by atoms with E-state index in [1.807, 2.05) is 6.92 Å². The number of halogens is 3. The van der Waals surface area contributed by atoms with Gasteiger partial charge in [0.25, 0.3) is 5.91 Å². The number of nitrogens with one attached hydrogen (secondary N) is 1. The summed E-state index contributed by atoms with van der Waals surface area (Å²) in [4.78, 5) is 32.7. The molecule has 0 spiro atoms. The zero-order chi connectivity index (χ0) is 23.3. The first-order valence-corrected chi connectivity index (χ1v) is 11.5. The Morgan fingerprint density at radius 3 is 2.64 bits per heavy atom. The molecule has 6 nitrogen and oxygen atoms in total. The smallest absolute Gasteiger partial charge is 0.254 e. The predicted molar refractivity (Wildman–Crippen MR) is 117 cm³/mol. The minimum atomic E-state index is -0.781. The molecule has 2 aromatic rings. The average molecular weight is 476 g/mol. The normalized spacial score (nSPS) is 25.1. The van der Waals surface area contributed by atoms with Gasteiger partial charge in [0.05, 0.1) is 24.3 Å². The van der Waals surface area contributed by atoms with Crippen LogP contribution in [0.1, 0.15) is 46.9 Å². The van der Waals surface area contributed by atoms with Crippen molar-refractivity contribution in [2.75, 3.05) is 13.2 Å². The minimum Gasteiger partial charge on any atom is -0.381 e. The van der Waals surface area contributed by atoms with Gasteiger partial charge in [0.1, 0.15) is 17.7 Å². The number of amides is 2. The van der Waals surface area contributed by atoms with Gasteiger partial charge in [0.15, 0.2) is 0 Å². The van der Waals surface area contributed by atoms with Crippen LogP contribution in [0.5, 0.6) is 0 Å². The van der Waals surface area contributed by atoms with E-state index in [9.17, 15) is 18.4 Å². The maximum Gasteiger partial charge on any atom is 0.254 e. The Hall–Kier alpha value is -2.58. The summed E-state index contributed by atoms with van der Waals surface area (Å²) >= 11 is 5.71. The number of fused-ring (bicyclic) bond motifs is 1. The number of ether oxygens (including phenoxy) is 1. The molecule has 2 saturated heterocycles. The van der Waals surface area contributed by atoms with Crippen molar-refractivity contribution in [3.63, 3.8) is 0 Å². The molecule has 0 radical (unpaired) electrons. The molecule has 33 heavy (non-hydrogen) atoms. The molecule has 5 rings (SSSR count). The van der Waals surface area contributed by atoms with Gasteiger partial charge in [-0.25, -0.2) is 8.78 Å². The van der Waals surface area contributed by atoms with E-state index in [1.165, 1.54) is 0 Å². The molecular formula is C24H24ClF2N3O3. The number of nitrogens with zero attached hydrogens (tertiary/aromatic N) is 2. The number of hydrogen-bond acceptors (Lipinski definition) is 4. The summed E-state index contributed by atoms with van der Waals surface area (Å²) in [5.41, 5.74) is 1.24. The maximum absolute atomic E-state index is 14.7. The summed E-state index contributed by atoms with van der Waals surface area (Å²) in [6.07, 6.45) is 3.94. The van der Waals surface area contributed by atoms with Crippen LogP contribution in [-0.2, 0) is 9.53 Å². The van der Waals surface area contributed by atoms with E-state index in [-0.39, 0.29) is 40.3 Å². The lowest BCUT2D eigenvalue weighted by Gasteiger charge is -2.38. The molecule has 0 bridgehead atoms. The number of carbonyl (C=O) groups is 2. The Labute approximate surface area is 195 Å². The molecule has 3 aliphatic rings. The van der Waals surface area contributed by atoms with E-state index in [0.717, 1.165) is 30.7 Å². The molecule has 1 saturated carbocycles. The molecule has 9 heteroatoms. The number of hydrogen-bond donors (Lipinski definition) is 1. The first-order chi connectivity index (χ1) is 15.8. The van der Waals surface area contributed by atoms with Crippen molar-refractivity contribution in [3.8, 4) is 0 Å². The molecule has 1 aromatic heterocycles. The second-order valence-electron chi connectivity index (χ2n) is 9.13. The third-order valence-corrected chi connectivity index (χ3v) is 7.37. The van der Waals surface area contributed by atoms with E-state index in [0.29, 0.717) is 25.2 Å². The van der Waals surface area contributed by atoms with Gasteiger partial charge in [-0.2, -0.15) is 0 Å². The van der Waals surface area contributed by atoms with Crippen molar-refractivity contribution < 1.29 is 23.1 Å². The Morgan fingerprint density at radius 2 is 2.00 bits per heavy atom. The highest BCUT2D eigenvalue weighted by atomic mass is 35.5. The summed E-state index contributed by atoms with van der Waals surface area (Å²) in [6.45, 7) is 2.45. The van der Waals surface area contributed by atoms with Gasteiger partial charge in [0, 0.05) is 35.0 Å². The van der Waals surface area contributed by atoms with E-state index in [2.05, 4.69) is 10.3 Å². The number of aryl methyl sites for hydroxylation is 1. The van der Waals surface area contributed by atoms with Crippen LogP contribution in [0.3, 0.4) is 0 Å². The van der Waals surface area contributed by atoms with Crippen LogP contribution in [0.15, 0.2) is 30.5 Å². The van der Waals surface area contributed by atoms with E-state index in [4.69, 9.17) is 16.3 Å². The summed E-state index contributed by atoms with van der Waals surface area (Å²) < 4.78 is 34.1. The lowest BCUT2D eigenvalue weighted by molar-refractivity contribution is -0.128. The molecule has 2 aliphatic heterocycles. The van der Waals surface area contributed by atoms with Gasteiger partial charge in [0.2, 0.25) is 5.91 Å². The van der Waals surface area contributed by atoms with E-state index in [1.54, 1.807) is 23.2 Å². The van der Waals surface area contributed by atoms with Crippen molar-refractivity contribution in [3.05, 3.63) is 63.9 Å². The van der Waals surface area contributed by atoms with Crippen LogP contribution in [0, 0.1) is 30.4 Å². The zero-order valence-electron chi connectivity index (χ0n) is 18.1. The molecule has 1 N–H and O–H groups in total. The fraction of sp³-hybridized carbons (Fsp3) is 0.458. The Balaban J connectivity index is 1.42. The van der Waals surface area contributed by atoms with E-state index < -0.39 is 23.7 Å². The summed E-state index contributed by atoms with van der Waals surface area (Å²) in [7, 11) is 0. The molecule has 2 amide bonds. The molecule has 174 valence electrons. The van der Waals surface area contributed by atoms with Crippen molar-refractivity contribution in [2.45, 2.75) is 44.3 Å². The van der Waals surface area contributed by atoms with Crippen molar-refractivity contribution in [1.29, 1.82) is 0 Å². The minimum absolute atomic E-state index is 0.0110. The quantitative estimate of drug-likeness (QED) is 0.667. The lowest BCUT2D eigenvalue weighted by atomic mass is 9.80. The van der Waals surface area contributed by atoms with Gasteiger partial charge < -0.3 is 15.0 Å². The largest absolute Gasteiger partial charge is 0.381 e. The second kappa shape index (κ2) is 8.65. The Bertz CT molecular complexity index is 1110. The van der Waals surface area contributed by atoms with Crippen molar-refractivity contribution >= 4 is 23.4 Å². The molecule has 3 fully saturated rings. The number of carbonyl (C=O) groups excluding carboxylic acids is 2. The van der Waals surface area contributed by atoms with Gasteiger partial charge in [-0.15, -0.1) is 0 Å². The third kappa shape index (κ3) is 3.99. The Morgan fingerprint density at radius 1 is 1.21 bits per heavy atom. The zero-order valence-corrected chi connectivity index (χ0v) is 18.8. The number of aromatic nitrogens is 1. The predicted octanol–water partition coefficient (Wildman–Crippen LogP) is 3.82. The number of rotatable bonds is 5. The topological polar surface area (TPSA) is 71.5 Å². The van der Waals surface area contributed by atoms with Crippen molar-refractivity contribution in [2.24, 2.45) is 11.8 Å². The van der Waals surface area contributed by atoms with Gasteiger partial charge in [-0.05, 0) is 56.4 Å². The molecule has 3 heterocycles. The van der Waals surface area contributed by atoms with Gasteiger partial charge in [-0.1, -0.05) is 11.6 Å². The van der Waals surface area contributed by atoms with Gasteiger partial charge >= 0.3 is 0 Å². The van der Waals surface area contributed by atoms with Crippen LogP contribution in [0.25, 0.3) is 0 Å². The highest BCUT2D eigenvalue weighted by Crippen LogP contribution is 2.45. The number of benzene rings is 1. The standard InChI is InChI=1S/C24H24ClF2N3O3/c1-12-6-14(4-5-28-12)24(32)30-20-3-2-13(20)7-21(30)23(31)29-22(15-10-33-11-15)16-8-19(27)17(25)9-18(16)26/h4-6,8-9,13,15,20-22H,2-3,7,10-11H2,1H3,(H,29,31)/t13-,20-,21-,22-/m1/s1. The fourth-order valence-electron chi connectivity index (χ4n) is 5.10. The molecule has 1 aliphatic carbocycles. The fourth-order valence-corrected chi connectivity index (χ4v) is 5.25. The summed E-state index contributed by atoms with van der Waals surface area (Å²) in [5.74, 6) is -1.95. The molecule has 0 unspecified atom stereocenters. The monoisotopic (exact) mass is 475 g/mol. The van der Waals surface area contributed by atoms with Crippen molar-refractivity contribution in [1.82, 2.24) is 15.2 Å². The average Bonchev–Trinajstić information content (AvgIpc) is 2.98. The van der Waals surface area contributed by atoms with Crippen LogP contribution in [-0.4, -0.2) is 47.0 Å². The van der Waals surface area contributed by atoms with Crippen LogP contribution in [0.4, 0.5) is 8.78 Å². The highest BCUT2D eigenvalue weighted by Gasteiger charge is 2.51. The molecule has 4 atom stereocenters. The van der Waals surface area contributed by atoms with Crippen LogP contribution < -0.4 is 5.32 Å². The van der Waals surface area contributed by atoms with Gasteiger partial charge in [-0.3, -0.25) is 14.6 Å². The SMILES string of the molecule is Cc1cc(C(=O)N2[C@@H](C(=O)N[C@@H](c3cc(F)c(Cl)cc3F)C3COC3)C[C@H]3CC[C@H]32)ccn1. The third-order valence-electron chi connectivity index (χ3n) is 7.08. The number of pyridine rings is 1. The highest BCUT2D eigenvalue weighted by molar-refractivity contribution is 6.30. The lowest BCUT2D eigenvalue weighted by Crippen LogP contribution is -2.53. The summed E-state index contributed by atoms with van der Waals surface area (Å²) in [5, 5.41) is 2.59. The molecular weight excluding hydrogens is 452 g/mol. The summed E-state index contributed by atoms with van der Waals surface area (Å²) in [6, 6.07) is 3.87. The van der Waals surface area contributed by atoms with Crippen LogP contribution in [0.2, 0.25) is 5.02 Å². The Kier molecular flexibility index (Phi) is 5.82. The first kappa shape index (κ1) is 22.2. The first-order valence-electron chi connectivity index (χ1n) is 11.1. The van der Waals surface area contributed by atoms with E-state index >= 15 is 0 Å². The number of likely N-dealkylation sites (tertiary alicyclic amines) is 1.